The number of nitrogens with zero attached hydrogens (tertiary/aromatic N) is 1. The van der Waals surface area contributed by atoms with Gasteiger partial charge >= 0.3 is 6.18 Å². The Hall–Kier alpha value is -1.46. The van der Waals surface area contributed by atoms with Crippen LogP contribution in [0.3, 0.4) is 0 Å². The van der Waals surface area contributed by atoms with Gasteiger partial charge in [0, 0.05) is 35.5 Å². The summed E-state index contributed by atoms with van der Waals surface area (Å²) in [5.41, 5.74) is -1.34. The van der Waals surface area contributed by atoms with E-state index >= 15 is 0 Å². The molecule has 1 heterocycles. The second-order valence-corrected chi connectivity index (χ2v) is 5.01. The van der Waals surface area contributed by atoms with Gasteiger partial charge in [0.1, 0.15) is 5.69 Å². The third kappa shape index (κ3) is 2.83. The van der Waals surface area contributed by atoms with Crippen LogP contribution in [0.4, 0.5) is 13.2 Å². The molecular weight excluding hydrogens is 314 g/mol. The molecule has 2 aromatic rings. The Bertz CT molecular complexity index is 723. The Kier molecular flexibility index (Phi) is 3.84. The summed E-state index contributed by atoms with van der Waals surface area (Å²) >= 11 is 11.7. The maximum atomic E-state index is 12.7. The second-order valence-electron chi connectivity index (χ2n) is 4.17. The highest BCUT2D eigenvalue weighted by Crippen LogP contribution is 2.31. The number of rotatable bonds is 1. The Labute approximate surface area is 122 Å². The van der Waals surface area contributed by atoms with E-state index in [9.17, 15) is 18.0 Å². The molecule has 2 nitrogen and oxygen atoms in total. The van der Waals surface area contributed by atoms with Gasteiger partial charge in [0.2, 0.25) is 0 Å². The molecule has 0 bridgehead atoms. The first-order chi connectivity index (χ1) is 9.20. The lowest BCUT2D eigenvalue weighted by atomic mass is 10.1. The maximum Gasteiger partial charge on any atom is 0.431 e. The highest BCUT2D eigenvalue weighted by molar-refractivity contribution is 6.36. The van der Waals surface area contributed by atoms with Crippen LogP contribution in [-0.4, -0.2) is 4.57 Å². The highest BCUT2D eigenvalue weighted by Gasteiger charge is 2.33. The van der Waals surface area contributed by atoms with Crippen LogP contribution < -0.4 is 5.43 Å². The molecule has 106 valence electrons. The van der Waals surface area contributed by atoms with Crippen molar-refractivity contribution in [2.45, 2.75) is 6.18 Å². The first-order valence-electron chi connectivity index (χ1n) is 5.43. The van der Waals surface area contributed by atoms with Crippen molar-refractivity contribution in [3.63, 3.8) is 0 Å². The molecule has 0 saturated heterocycles. The number of hydrogen-bond acceptors (Lipinski definition) is 1. The van der Waals surface area contributed by atoms with Gasteiger partial charge in [-0.25, -0.2) is 0 Å². The van der Waals surface area contributed by atoms with Crippen LogP contribution >= 0.6 is 23.2 Å². The molecule has 20 heavy (non-hydrogen) atoms. The second kappa shape index (κ2) is 5.14. The van der Waals surface area contributed by atoms with Gasteiger partial charge in [-0.2, -0.15) is 13.2 Å². The average molecular weight is 322 g/mol. The largest absolute Gasteiger partial charge is 0.431 e. The molecule has 0 N–H and O–H groups in total. The lowest BCUT2D eigenvalue weighted by Gasteiger charge is -2.14. The molecule has 0 unspecified atom stereocenters. The van der Waals surface area contributed by atoms with Crippen molar-refractivity contribution in [3.05, 3.63) is 56.4 Å². The van der Waals surface area contributed by atoms with Gasteiger partial charge in [0.05, 0.1) is 5.02 Å². The number of alkyl halides is 3. The first-order valence-corrected chi connectivity index (χ1v) is 6.19. The number of halogens is 5. The summed E-state index contributed by atoms with van der Waals surface area (Å²) in [5.74, 6) is 0. The normalized spacial score (nSPS) is 11.7. The predicted octanol–water partition coefficient (Wildman–Crippen LogP) is 4.38. The molecule has 7 heteroatoms. The molecule has 2 rings (SSSR count). The van der Waals surface area contributed by atoms with Gasteiger partial charge < -0.3 is 4.57 Å². The van der Waals surface area contributed by atoms with Crippen LogP contribution in [0.25, 0.3) is 11.1 Å². The van der Waals surface area contributed by atoms with Crippen molar-refractivity contribution >= 4 is 23.2 Å². The van der Waals surface area contributed by atoms with Crippen molar-refractivity contribution in [2.24, 2.45) is 7.05 Å². The monoisotopic (exact) mass is 321 g/mol. The van der Waals surface area contributed by atoms with Gasteiger partial charge in [0.25, 0.3) is 0 Å². The topological polar surface area (TPSA) is 22.0 Å². The van der Waals surface area contributed by atoms with E-state index in [1.165, 1.54) is 25.2 Å². The minimum Gasteiger partial charge on any atom is -0.346 e. The van der Waals surface area contributed by atoms with Gasteiger partial charge in [-0.05, 0) is 12.1 Å². The lowest BCUT2D eigenvalue weighted by Crippen LogP contribution is -2.19. The molecule has 0 radical (unpaired) electrons. The Morgan fingerprint density at radius 1 is 1.10 bits per heavy atom. The quantitative estimate of drug-likeness (QED) is 0.764. The van der Waals surface area contributed by atoms with Crippen molar-refractivity contribution in [1.82, 2.24) is 4.57 Å². The Morgan fingerprint density at radius 2 is 1.75 bits per heavy atom. The third-order valence-electron chi connectivity index (χ3n) is 2.75. The predicted molar refractivity (Wildman–Crippen MR) is 72.1 cm³/mol. The molecule has 0 fully saturated rings. The van der Waals surface area contributed by atoms with Crippen LogP contribution in [0.15, 0.2) is 35.3 Å². The van der Waals surface area contributed by atoms with Crippen molar-refractivity contribution in [2.75, 3.05) is 0 Å². The van der Waals surface area contributed by atoms with E-state index in [1.807, 2.05) is 0 Å². The summed E-state index contributed by atoms with van der Waals surface area (Å²) in [6, 6.07) is 4.99. The summed E-state index contributed by atoms with van der Waals surface area (Å²) < 4.78 is 38.9. The fourth-order valence-electron chi connectivity index (χ4n) is 1.82. The zero-order valence-corrected chi connectivity index (χ0v) is 11.6. The number of aryl methyl sites for hydroxylation is 1. The fourth-order valence-corrected chi connectivity index (χ4v) is 2.33. The van der Waals surface area contributed by atoms with E-state index in [2.05, 4.69) is 0 Å². The van der Waals surface area contributed by atoms with Gasteiger partial charge in [0.15, 0.2) is 5.43 Å². The molecule has 0 atom stereocenters. The molecular formula is C13H8Cl2F3NO. The van der Waals surface area contributed by atoms with Gasteiger partial charge in [-0.3, -0.25) is 4.79 Å². The smallest absolute Gasteiger partial charge is 0.346 e. The van der Waals surface area contributed by atoms with E-state index in [0.717, 1.165) is 10.8 Å². The van der Waals surface area contributed by atoms with Crippen molar-refractivity contribution in [1.29, 1.82) is 0 Å². The van der Waals surface area contributed by atoms with Crippen LogP contribution in [0.2, 0.25) is 10.0 Å². The lowest BCUT2D eigenvalue weighted by molar-refractivity contribution is -0.143. The van der Waals surface area contributed by atoms with Crippen LogP contribution in [-0.2, 0) is 13.2 Å². The molecule has 1 aromatic heterocycles. The minimum atomic E-state index is -4.59. The first kappa shape index (κ1) is 14.9. The molecule has 0 saturated carbocycles. The molecule has 0 aliphatic heterocycles. The third-order valence-corrected chi connectivity index (χ3v) is 3.30. The van der Waals surface area contributed by atoms with Crippen LogP contribution in [0, 0.1) is 0 Å². The van der Waals surface area contributed by atoms with Crippen LogP contribution in [0.1, 0.15) is 5.69 Å². The van der Waals surface area contributed by atoms with Crippen LogP contribution in [0.5, 0.6) is 0 Å². The number of benzene rings is 1. The standard InChI is InChI=1S/C13H8Cl2F3NO/c1-19-6-9(8-3-2-7(14)4-10(8)15)11(20)5-12(19)13(16,17)18/h2-6H,1H3. The number of pyridine rings is 1. The zero-order valence-electron chi connectivity index (χ0n) is 10.1. The average Bonchev–Trinajstić information content (AvgIpc) is 2.31. The van der Waals surface area contributed by atoms with E-state index in [4.69, 9.17) is 23.2 Å². The summed E-state index contributed by atoms with van der Waals surface area (Å²) in [6.07, 6.45) is -3.48. The van der Waals surface area contributed by atoms with Gasteiger partial charge in [-0.1, -0.05) is 29.3 Å². The Morgan fingerprint density at radius 3 is 2.30 bits per heavy atom. The minimum absolute atomic E-state index is 0.0853. The van der Waals surface area contributed by atoms with Crippen molar-refractivity contribution in [3.8, 4) is 11.1 Å². The molecule has 1 aromatic carbocycles. The van der Waals surface area contributed by atoms with E-state index < -0.39 is 17.3 Å². The summed E-state index contributed by atoms with van der Waals surface area (Å²) in [7, 11) is 1.22. The van der Waals surface area contributed by atoms with E-state index in [1.54, 1.807) is 0 Å². The molecule has 0 aliphatic rings. The summed E-state index contributed by atoms with van der Waals surface area (Å²) in [5, 5.41) is 0.580. The maximum absolute atomic E-state index is 12.7. The molecule has 0 aliphatic carbocycles. The fraction of sp³-hybridized carbons (Fsp3) is 0.154. The highest BCUT2D eigenvalue weighted by atomic mass is 35.5. The molecule has 0 spiro atoms. The number of aromatic nitrogens is 1. The van der Waals surface area contributed by atoms with Crippen molar-refractivity contribution < 1.29 is 13.2 Å². The van der Waals surface area contributed by atoms with E-state index in [0.29, 0.717) is 16.7 Å². The summed E-state index contributed by atoms with van der Waals surface area (Å²) in [6.45, 7) is 0. The van der Waals surface area contributed by atoms with E-state index in [-0.39, 0.29) is 10.6 Å². The van der Waals surface area contributed by atoms with Gasteiger partial charge in [-0.15, -0.1) is 0 Å². The summed E-state index contributed by atoms with van der Waals surface area (Å²) in [4.78, 5) is 11.9. The zero-order chi connectivity index (χ0) is 15.1. The molecule has 0 amide bonds. The number of hydrogen-bond donors (Lipinski definition) is 0. The Balaban J connectivity index is 2.66. The SMILES string of the molecule is Cn1cc(-c2ccc(Cl)cc2Cl)c(=O)cc1C(F)(F)F.